The van der Waals surface area contributed by atoms with Gasteiger partial charge in [-0.15, -0.1) is 0 Å². The number of para-hydroxylation sites is 1. The Morgan fingerprint density at radius 2 is 1.67 bits per heavy atom. The van der Waals surface area contributed by atoms with Gasteiger partial charge in [-0.25, -0.2) is 18.4 Å². The number of likely N-dealkylation sites (N-methyl/N-ethyl adjacent to an activating group) is 1. The molecule has 0 unspecified atom stereocenters. The van der Waals surface area contributed by atoms with Gasteiger partial charge in [0, 0.05) is 57.1 Å². The second-order valence-electron chi connectivity index (χ2n) is 9.98. The third-order valence-corrected chi connectivity index (χ3v) is 9.20. The lowest BCUT2D eigenvalue weighted by molar-refractivity contribution is 0.0963. The van der Waals surface area contributed by atoms with Crippen LogP contribution in [0, 0.1) is 0 Å². The van der Waals surface area contributed by atoms with E-state index in [1.165, 1.54) is 6.33 Å². The van der Waals surface area contributed by atoms with Gasteiger partial charge in [-0.2, -0.15) is 4.98 Å². The Hall–Kier alpha value is -3.48. The Morgan fingerprint density at radius 1 is 0.974 bits per heavy atom. The molecule has 11 nitrogen and oxygen atoms in total. The first-order valence-corrected chi connectivity index (χ1v) is 14.9. The monoisotopic (exact) mass is 552 g/mol. The number of methoxy groups -OCH3 is 1. The summed E-state index contributed by atoms with van der Waals surface area (Å²) in [5.74, 6) is 1.30. The molecule has 0 aliphatic carbocycles. The van der Waals surface area contributed by atoms with E-state index in [0.29, 0.717) is 29.8 Å². The Morgan fingerprint density at radius 3 is 2.36 bits per heavy atom. The summed E-state index contributed by atoms with van der Waals surface area (Å²) in [5.41, 5.74) is 2.26. The fraction of sp³-hybridized carbons (Fsp3) is 0.444. The molecule has 0 amide bonds. The average molecular weight is 553 g/mol. The highest BCUT2D eigenvalue weighted by Gasteiger charge is 2.33. The molecule has 2 fully saturated rings. The van der Waals surface area contributed by atoms with Crippen LogP contribution in [0.15, 0.2) is 53.7 Å². The molecule has 0 bridgehead atoms. The summed E-state index contributed by atoms with van der Waals surface area (Å²) >= 11 is 0. The molecular weight excluding hydrogens is 516 g/mol. The van der Waals surface area contributed by atoms with Crippen LogP contribution in [0.2, 0.25) is 0 Å². The van der Waals surface area contributed by atoms with Gasteiger partial charge in [-0.3, -0.25) is 4.90 Å². The lowest BCUT2D eigenvalue weighted by atomic mass is 10.0. The number of nitrogens with one attached hydrogen (secondary N) is 2. The quantitative estimate of drug-likeness (QED) is 0.387. The van der Waals surface area contributed by atoms with Gasteiger partial charge in [0.25, 0.3) is 0 Å². The number of hydrogen-bond donors (Lipinski definition) is 2. The highest BCUT2D eigenvalue weighted by atomic mass is 32.2. The molecule has 208 valence electrons. The fourth-order valence-corrected chi connectivity index (χ4v) is 6.44. The van der Waals surface area contributed by atoms with Crippen LogP contribution in [0.25, 0.3) is 0 Å². The molecule has 2 saturated heterocycles. The van der Waals surface area contributed by atoms with Crippen LogP contribution >= 0.6 is 0 Å². The van der Waals surface area contributed by atoms with Gasteiger partial charge >= 0.3 is 0 Å². The second-order valence-corrected chi connectivity index (χ2v) is 12.1. The molecule has 2 N–H and O–H groups in total. The molecule has 5 rings (SSSR count). The minimum absolute atomic E-state index is 0.0689. The van der Waals surface area contributed by atoms with Crippen LogP contribution in [-0.4, -0.2) is 98.4 Å². The van der Waals surface area contributed by atoms with Gasteiger partial charge in [-0.05, 0) is 37.7 Å². The molecule has 0 saturated carbocycles. The summed E-state index contributed by atoms with van der Waals surface area (Å²) in [6.45, 7) is 8.38. The van der Waals surface area contributed by atoms with Crippen molar-refractivity contribution in [2.75, 3.05) is 74.7 Å². The largest absolute Gasteiger partial charge is 0.494 e. The van der Waals surface area contributed by atoms with Crippen LogP contribution in [0.3, 0.4) is 0 Å². The molecule has 2 aliphatic rings. The molecule has 3 aromatic rings. The predicted octanol–water partition coefficient (Wildman–Crippen LogP) is 2.99. The molecule has 39 heavy (non-hydrogen) atoms. The molecule has 0 spiro atoms. The van der Waals surface area contributed by atoms with Crippen molar-refractivity contribution in [2.24, 2.45) is 0 Å². The summed E-state index contributed by atoms with van der Waals surface area (Å²) < 4.78 is 31.1. The topological polar surface area (TPSA) is 116 Å². The number of anilines is 5. The number of benzene rings is 2. The molecular formula is C27H36N8O3S. The summed E-state index contributed by atoms with van der Waals surface area (Å²) in [6.07, 6.45) is 1.91. The van der Waals surface area contributed by atoms with Crippen LogP contribution in [-0.2, 0) is 9.84 Å². The number of piperazine rings is 1. The van der Waals surface area contributed by atoms with Crippen molar-refractivity contribution in [3.05, 3.63) is 48.8 Å². The van der Waals surface area contributed by atoms with Crippen LogP contribution < -0.4 is 20.3 Å². The van der Waals surface area contributed by atoms with E-state index < -0.39 is 9.84 Å². The number of hydrogen-bond acceptors (Lipinski definition) is 11. The molecule has 3 heterocycles. The van der Waals surface area contributed by atoms with E-state index in [9.17, 15) is 8.42 Å². The Kier molecular flexibility index (Phi) is 8.15. The first kappa shape index (κ1) is 27.1. The van der Waals surface area contributed by atoms with Crippen molar-refractivity contribution in [3.63, 3.8) is 0 Å². The van der Waals surface area contributed by atoms with Crippen molar-refractivity contribution in [2.45, 2.75) is 24.3 Å². The maximum absolute atomic E-state index is 12.7. The lowest BCUT2D eigenvalue weighted by Crippen LogP contribution is -2.63. The summed E-state index contributed by atoms with van der Waals surface area (Å²) in [7, 11) is 0.398. The normalized spacial score (nSPS) is 17.1. The van der Waals surface area contributed by atoms with E-state index in [1.807, 2.05) is 19.1 Å². The van der Waals surface area contributed by atoms with Gasteiger partial charge < -0.3 is 25.2 Å². The number of rotatable bonds is 10. The van der Waals surface area contributed by atoms with E-state index in [4.69, 9.17) is 4.74 Å². The second kappa shape index (κ2) is 11.7. The van der Waals surface area contributed by atoms with Crippen molar-refractivity contribution < 1.29 is 13.2 Å². The number of ether oxygens (including phenoxy) is 1. The van der Waals surface area contributed by atoms with Gasteiger partial charge in [0.2, 0.25) is 11.9 Å². The number of sulfone groups is 1. The Balaban J connectivity index is 1.26. The number of aromatic nitrogens is 3. The minimum atomic E-state index is -3.42. The molecule has 2 aromatic carbocycles. The standard InChI is InChI=1S/C27H36N8O3S/c1-4-15-39(36,37)25-8-6-5-7-23(25)31-27-29-19-28-26(32-27)30-22-10-9-20(16-24(22)38-3)35-17-21(18-35)34-13-11-33(2)12-14-34/h5-10,16,19,21H,4,11-15,17-18H2,1-3H3,(H2,28,29,30,31,32). The zero-order valence-corrected chi connectivity index (χ0v) is 23.5. The van der Waals surface area contributed by atoms with E-state index >= 15 is 0 Å². The summed E-state index contributed by atoms with van der Waals surface area (Å²) in [5, 5.41) is 6.24. The molecule has 12 heteroatoms. The Labute approximate surface area is 230 Å². The minimum Gasteiger partial charge on any atom is -0.494 e. The van der Waals surface area contributed by atoms with Crippen LogP contribution in [0.4, 0.5) is 29.0 Å². The van der Waals surface area contributed by atoms with Crippen LogP contribution in [0.5, 0.6) is 5.75 Å². The fourth-order valence-electron chi connectivity index (χ4n) is 4.94. The molecule has 0 atom stereocenters. The van der Waals surface area contributed by atoms with E-state index in [0.717, 1.165) is 50.6 Å². The highest BCUT2D eigenvalue weighted by Crippen LogP contribution is 2.34. The zero-order valence-electron chi connectivity index (χ0n) is 22.7. The molecule has 0 radical (unpaired) electrons. The summed E-state index contributed by atoms with van der Waals surface area (Å²) in [6, 6.07) is 13.4. The van der Waals surface area contributed by atoms with Gasteiger partial charge in [-0.1, -0.05) is 19.1 Å². The SMILES string of the molecule is CCCS(=O)(=O)c1ccccc1Nc1ncnc(Nc2ccc(N3CC(N4CCN(C)CC4)C3)cc2OC)n1. The van der Waals surface area contributed by atoms with Crippen molar-refractivity contribution >= 4 is 38.8 Å². The summed E-state index contributed by atoms with van der Waals surface area (Å²) in [4.78, 5) is 20.4. The van der Waals surface area contributed by atoms with Crippen molar-refractivity contribution in [1.29, 1.82) is 0 Å². The number of nitrogens with zero attached hydrogens (tertiary/aromatic N) is 6. The predicted molar refractivity (Wildman–Crippen MR) is 153 cm³/mol. The average Bonchev–Trinajstić information content (AvgIpc) is 2.90. The molecule has 1 aromatic heterocycles. The highest BCUT2D eigenvalue weighted by molar-refractivity contribution is 7.91. The third-order valence-electron chi connectivity index (χ3n) is 7.23. The Bertz CT molecular complexity index is 1390. The first-order valence-electron chi connectivity index (χ1n) is 13.3. The van der Waals surface area contributed by atoms with E-state index in [-0.39, 0.29) is 16.6 Å². The van der Waals surface area contributed by atoms with Gasteiger partial charge in [0.1, 0.15) is 12.1 Å². The van der Waals surface area contributed by atoms with Crippen LogP contribution in [0.1, 0.15) is 13.3 Å². The smallest absolute Gasteiger partial charge is 0.232 e. The first-order chi connectivity index (χ1) is 18.9. The maximum atomic E-state index is 12.7. The zero-order chi connectivity index (χ0) is 27.4. The van der Waals surface area contributed by atoms with Crippen molar-refractivity contribution in [1.82, 2.24) is 24.8 Å². The van der Waals surface area contributed by atoms with E-state index in [2.05, 4.69) is 53.4 Å². The van der Waals surface area contributed by atoms with Gasteiger partial charge in [0.05, 0.1) is 29.1 Å². The maximum Gasteiger partial charge on any atom is 0.232 e. The van der Waals surface area contributed by atoms with Gasteiger partial charge in [0.15, 0.2) is 9.84 Å². The molecule has 2 aliphatic heterocycles. The third kappa shape index (κ3) is 6.23. The van der Waals surface area contributed by atoms with E-state index in [1.54, 1.807) is 31.4 Å². The van der Waals surface area contributed by atoms with Crippen molar-refractivity contribution in [3.8, 4) is 5.75 Å². The lowest BCUT2D eigenvalue weighted by Gasteiger charge is -2.48.